The number of carbonyl (C=O) groups excluding carboxylic acids is 1. The Bertz CT molecular complexity index is 671. The van der Waals surface area contributed by atoms with Gasteiger partial charge in [0.05, 0.1) is 0 Å². The number of carboxylic acid groups (broad SMARTS) is 1. The van der Waals surface area contributed by atoms with E-state index < -0.39 is 11.9 Å². The van der Waals surface area contributed by atoms with Crippen molar-refractivity contribution in [3.63, 3.8) is 0 Å². The van der Waals surface area contributed by atoms with E-state index in [0.29, 0.717) is 5.69 Å². The number of carbonyl (C=O) groups is 2. The Morgan fingerprint density at radius 2 is 1.80 bits per heavy atom. The standard InChI is InChI=1S/C12H7Cl2N3O3/c13-9-3-6(4-10(14)17-9)11(18)16-7-1-2-15-8(5-7)12(19)20/h1-5H,(H,19,20)(H,15,16,18). The van der Waals surface area contributed by atoms with Gasteiger partial charge in [0, 0.05) is 17.4 Å². The second kappa shape index (κ2) is 5.85. The summed E-state index contributed by atoms with van der Waals surface area (Å²) in [6, 6.07) is 5.41. The Hall–Kier alpha value is -2.18. The van der Waals surface area contributed by atoms with E-state index in [1.165, 1.54) is 30.5 Å². The van der Waals surface area contributed by atoms with Crippen LogP contribution in [0.2, 0.25) is 10.3 Å². The molecule has 0 spiro atoms. The molecule has 0 saturated heterocycles. The molecule has 1 amide bonds. The zero-order valence-electron chi connectivity index (χ0n) is 9.80. The molecule has 102 valence electrons. The maximum Gasteiger partial charge on any atom is 0.354 e. The molecule has 0 aliphatic rings. The second-order valence-electron chi connectivity index (χ2n) is 3.69. The molecule has 20 heavy (non-hydrogen) atoms. The second-order valence-corrected chi connectivity index (χ2v) is 4.46. The number of hydrogen-bond acceptors (Lipinski definition) is 4. The molecule has 0 aliphatic heterocycles. The first kappa shape index (κ1) is 14.2. The number of aromatic nitrogens is 2. The SMILES string of the molecule is O=C(Nc1ccnc(C(=O)O)c1)c1cc(Cl)nc(Cl)c1. The third kappa shape index (κ3) is 3.43. The van der Waals surface area contributed by atoms with Gasteiger partial charge in [-0.2, -0.15) is 0 Å². The first-order chi connectivity index (χ1) is 9.45. The largest absolute Gasteiger partial charge is 0.477 e. The van der Waals surface area contributed by atoms with Crippen LogP contribution < -0.4 is 5.32 Å². The summed E-state index contributed by atoms with van der Waals surface area (Å²) in [5.41, 5.74) is 0.337. The van der Waals surface area contributed by atoms with E-state index in [1.54, 1.807) is 0 Å². The topological polar surface area (TPSA) is 92.2 Å². The van der Waals surface area contributed by atoms with Crippen molar-refractivity contribution >= 4 is 40.8 Å². The van der Waals surface area contributed by atoms with Gasteiger partial charge in [0.25, 0.3) is 5.91 Å². The van der Waals surface area contributed by atoms with Gasteiger partial charge in [-0.05, 0) is 24.3 Å². The normalized spacial score (nSPS) is 10.1. The van der Waals surface area contributed by atoms with Crippen molar-refractivity contribution in [1.82, 2.24) is 9.97 Å². The van der Waals surface area contributed by atoms with Gasteiger partial charge in [0.2, 0.25) is 0 Å². The van der Waals surface area contributed by atoms with E-state index >= 15 is 0 Å². The van der Waals surface area contributed by atoms with Crippen molar-refractivity contribution in [1.29, 1.82) is 0 Å². The molecule has 0 radical (unpaired) electrons. The highest BCUT2D eigenvalue weighted by Crippen LogP contribution is 2.16. The van der Waals surface area contributed by atoms with Crippen molar-refractivity contribution in [3.8, 4) is 0 Å². The van der Waals surface area contributed by atoms with Gasteiger partial charge in [-0.1, -0.05) is 23.2 Å². The fourth-order valence-corrected chi connectivity index (χ4v) is 1.88. The van der Waals surface area contributed by atoms with Crippen LogP contribution in [-0.4, -0.2) is 27.0 Å². The molecule has 0 aromatic carbocycles. The van der Waals surface area contributed by atoms with E-state index in [9.17, 15) is 9.59 Å². The number of carboxylic acids is 1. The smallest absolute Gasteiger partial charge is 0.354 e. The number of hydrogen-bond donors (Lipinski definition) is 2. The molecule has 2 heterocycles. The summed E-state index contributed by atoms with van der Waals surface area (Å²) in [7, 11) is 0. The van der Waals surface area contributed by atoms with Crippen LogP contribution in [0.1, 0.15) is 20.8 Å². The van der Waals surface area contributed by atoms with E-state index in [1.807, 2.05) is 0 Å². The quantitative estimate of drug-likeness (QED) is 0.850. The number of pyridine rings is 2. The van der Waals surface area contributed by atoms with Crippen molar-refractivity contribution in [2.24, 2.45) is 0 Å². The van der Waals surface area contributed by atoms with Crippen LogP contribution in [0.25, 0.3) is 0 Å². The monoisotopic (exact) mass is 311 g/mol. The first-order valence-electron chi connectivity index (χ1n) is 5.29. The van der Waals surface area contributed by atoms with Crippen molar-refractivity contribution in [2.75, 3.05) is 5.32 Å². The molecule has 0 bridgehead atoms. The highest BCUT2D eigenvalue weighted by molar-refractivity contribution is 6.33. The molecule has 0 atom stereocenters. The summed E-state index contributed by atoms with van der Waals surface area (Å²) in [5, 5.41) is 11.5. The van der Waals surface area contributed by atoms with Gasteiger partial charge < -0.3 is 10.4 Å². The Morgan fingerprint density at radius 1 is 1.15 bits per heavy atom. The van der Waals surface area contributed by atoms with E-state index in [2.05, 4.69) is 15.3 Å². The number of rotatable bonds is 3. The summed E-state index contributed by atoms with van der Waals surface area (Å²) in [6.07, 6.45) is 1.28. The summed E-state index contributed by atoms with van der Waals surface area (Å²) in [6.45, 7) is 0. The number of halogens is 2. The third-order valence-electron chi connectivity index (χ3n) is 2.26. The maximum absolute atomic E-state index is 12.0. The lowest BCUT2D eigenvalue weighted by Gasteiger charge is -2.06. The van der Waals surface area contributed by atoms with Crippen LogP contribution in [0.3, 0.4) is 0 Å². The minimum Gasteiger partial charge on any atom is -0.477 e. The first-order valence-corrected chi connectivity index (χ1v) is 6.05. The fourth-order valence-electron chi connectivity index (χ4n) is 1.42. The zero-order valence-corrected chi connectivity index (χ0v) is 11.3. The molecule has 0 unspecified atom stereocenters. The Morgan fingerprint density at radius 3 is 2.40 bits per heavy atom. The molecule has 8 heteroatoms. The van der Waals surface area contributed by atoms with Gasteiger partial charge in [-0.15, -0.1) is 0 Å². The lowest BCUT2D eigenvalue weighted by molar-refractivity contribution is 0.0690. The van der Waals surface area contributed by atoms with Gasteiger partial charge in [-0.25, -0.2) is 14.8 Å². The van der Waals surface area contributed by atoms with Gasteiger partial charge in [-0.3, -0.25) is 4.79 Å². The Labute approximate surface area is 123 Å². The molecule has 2 N–H and O–H groups in total. The molecular formula is C12H7Cl2N3O3. The Kier molecular flexibility index (Phi) is 4.16. The predicted molar refractivity (Wildman–Crippen MR) is 73.4 cm³/mol. The average molecular weight is 312 g/mol. The highest BCUT2D eigenvalue weighted by atomic mass is 35.5. The van der Waals surface area contributed by atoms with Crippen LogP contribution in [-0.2, 0) is 0 Å². The molecule has 0 saturated carbocycles. The van der Waals surface area contributed by atoms with Crippen molar-refractivity contribution < 1.29 is 14.7 Å². The van der Waals surface area contributed by atoms with Gasteiger partial charge in [0.1, 0.15) is 16.0 Å². The Balaban J connectivity index is 2.23. The van der Waals surface area contributed by atoms with Gasteiger partial charge >= 0.3 is 5.97 Å². The molecule has 2 aromatic rings. The molecule has 2 rings (SSSR count). The zero-order chi connectivity index (χ0) is 14.7. The number of nitrogens with one attached hydrogen (secondary N) is 1. The summed E-state index contributed by atoms with van der Waals surface area (Å²) in [5.74, 6) is -1.67. The maximum atomic E-state index is 12.0. The average Bonchev–Trinajstić information content (AvgIpc) is 2.37. The molecule has 2 aromatic heterocycles. The summed E-state index contributed by atoms with van der Waals surface area (Å²) < 4.78 is 0. The highest BCUT2D eigenvalue weighted by Gasteiger charge is 2.11. The molecule has 0 fully saturated rings. The summed E-state index contributed by atoms with van der Waals surface area (Å²) in [4.78, 5) is 30.1. The lowest BCUT2D eigenvalue weighted by atomic mass is 10.2. The molecular weight excluding hydrogens is 305 g/mol. The molecule has 6 nitrogen and oxygen atoms in total. The molecule has 0 aliphatic carbocycles. The van der Waals surface area contributed by atoms with Crippen LogP contribution >= 0.6 is 23.2 Å². The number of nitrogens with zero attached hydrogens (tertiary/aromatic N) is 2. The van der Waals surface area contributed by atoms with Crippen LogP contribution in [0, 0.1) is 0 Å². The minimum absolute atomic E-state index is 0.0867. The lowest BCUT2D eigenvalue weighted by Crippen LogP contribution is -2.13. The van der Waals surface area contributed by atoms with Crippen molar-refractivity contribution in [3.05, 3.63) is 52.0 Å². The van der Waals surface area contributed by atoms with Crippen molar-refractivity contribution in [2.45, 2.75) is 0 Å². The number of amides is 1. The van der Waals surface area contributed by atoms with Gasteiger partial charge in [0.15, 0.2) is 0 Å². The van der Waals surface area contributed by atoms with Crippen LogP contribution in [0.15, 0.2) is 30.5 Å². The summed E-state index contributed by atoms with van der Waals surface area (Å²) >= 11 is 11.4. The van der Waals surface area contributed by atoms with E-state index in [0.717, 1.165) is 0 Å². The third-order valence-corrected chi connectivity index (χ3v) is 2.65. The van der Waals surface area contributed by atoms with Crippen LogP contribution in [0.5, 0.6) is 0 Å². The number of anilines is 1. The minimum atomic E-state index is -1.18. The number of aromatic carboxylic acids is 1. The van der Waals surface area contributed by atoms with Crippen LogP contribution in [0.4, 0.5) is 5.69 Å². The predicted octanol–water partition coefficient (Wildman–Crippen LogP) is 2.73. The van der Waals surface area contributed by atoms with E-state index in [4.69, 9.17) is 28.3 Å². The fraction of sp³-hybridized carbons (Fsp3) is 0. The van der Waals surface area contributed by atoms with E-state index in [-0.39, 0.29) is 21.6 Å².